The minimum atomic E-state index is -0.417. The van der Waals surface area contributed by atoms with E-state index in [1.807, 2.05) is 32.9 Å². The first kappa shape index (κ1) is 26.4. The molecule has 1 aromatic carbocycles. The van der Waals surface area contributed by atoms with Crippen LogP contribution in [0.5, 0.6) is 0 Å². The molecular formula is C27H41N5O4. The number of nitrogens with one attached hydrogen (secondary N) is 2. The van der Waals surface area contributed by atoms with Crippen molar-refractivity contribution in [3.8, 4) is 0 Å². The number of imide groups is 1. The van der Waals surface area contributed by atoms with Gasteiger partial charge in [0.1, 0.15) is 11.6 Å². The predicted octanol–water partition coefficient (Wildman–Crippen LogP) is 2.22. The fourth-order valence-corrected chi connectivity index (χ4v) is 5.28. The molecule has 0 saturated carbocycles. The minimum Gasteiger partial charge on any atom is -0.460 e. The van der Waals surface area contributed by atoms with Crippen LogP contribution in [0.15, 0.2) is 24.3 Å². The monoisotopic (exact) mass is 499 g/mol. The number of piperazine rings is 1. The van der Waals surface area contributed by atoms with Crippen LogP contribution >= 0.6 is 0 Å². The summed E-state index contributed by atoms with van der Waals surface area (Å²) < 4.78 is 5.43. The van der Waals surface area contributed by atoms with Gasteiger partial charge in [-0.15, -0.1) is 0 Å². The maximum atomic E-state index is 12.0. The van der Waals surface area contributed by atoms with Gasteiger partial charge in [0, 0.05) is 69.7 Å². The Morgan fingerprint density at radius 1 is 1.00 bits per heavy atom. The number of ether oxygens (including phenoxy) is 1. The van der Waals surface area contributed by atoms with Gasteiger partial charge in [-0.1, -0.05) is 0 Å². The molecule has 198 valence electrons. The second kappa shape index (κ2) is 11.6. The third-order valence-corrected chi connectivity index (χ3v) is 7.25. The highest BCUT2D eigenvalue weighted by Crippen LogP contribution is 2.25. The molecule has 0 aliphatic carbocycles. The molecule has 36 heavy (non-hydrogen) atoms. The maximum Gasteiger partial charge on any atom is 0.307 e. The van der Waals surface area contributed by atoms with E-state index in [1.165, 1.54) is 5.69 Å². The molecule has 0 spiro atoms. The molecule has 0 aromatic heterocycles. The van der Waals surface area contributed by atoms with Crippen molar-refractivity contribution in [3.05, 3.63) is 24.3 Å². The summed E-state index contributed by atoms with van der Waals surface area (Å²) in [6.07, 6.45) is 3.65. The first-order valence-electron chi connectivity index (χ1n) is 13.3. The molecule has 3 heterocycles. The molecule has 2 amide bonds. The number of amides is 2. The van der Waals surface area contributed by atoms with Gasteiger partial charge in [0.05, 0.1) is 6.42 Å². The number of hydrogen-bond donors (Lipinski definition) is 2. The number of esters is 1. The summed E-state index contributed by atoms with van der Waals surface area (Å²) in [5, 5.41) is 5.63. The van der Waals surface area contributed by atoms with E-state index in [9.17, 15) is 14.4 Å². The summed E-state index contributed by atoms with van der Waals surface area (Å²) in [5.74, 6) is -0.560. The topological polar surface area (TPSA) is 94.2 Å². The molecule has 0 radical (unpaired) electrons. The van der Waals surface area contributed by atoms with Crippen LogP contribution in [0, 0.1) is 0 Å². The zero-order valence-corrected chi connectivity index (χ0v) is 21.9. The Kier molecular flexibility index (Phi) is 8.51. The highest BCUT2D eigenvalue weighted by atomic mass is 16.6. The van der Waals surface area contributed by atoms with E-state index in [-0.39, 0.29) is 23.8 Å². The highest BCUT2D eigenvalue weighted by Gasteiger charge is 2.29. The molecule has 3 aliphatic rings. The van der Waals surface area contributed by atoms with Gasteiger partial charge in [-0.3, -0.25) is 24.6 Å². The lowest BCUT2D eigenvalue weighted by Crippen LogP contribution is -2.53. The normalized spacial score (nSPS) is 22.9. The Hall–Kier alpha value is -2.65. The second-order valence-corrected chi connectivity index (χ2v) is 11.1. The Balaban J connectivity index is 1.16. The summed E-state index contributed by atoms with van der Waals surface area (Å²) in [4.78, 5) is 42.7. The first-order chi connectivity index (χ1) is 17.2. The molecule has 1 aromatic rings. The van der Waals surface area contributed by atoms with Crippen LogP contribution in [0.1, 0.15) is 52.9 Å². The average Bonchev–Trinajstić information content (AvgIpc) is 2.84. The number of piperidine rings is 2. The molecule has 4 rings (SSSR count). The zero-order valence-electron chi connectivity index (χ0n) is 21.9. The molecule has 1 unspecified atom stereocenters. The van der Waals surface area contributed by atoms with Crippen molar-refractivity contribution >= 4 is 29.2 Å². The van der Waals surface area contributed by atoms with E-state index in [2.05, 4.69) is 37.5 Å². The van der Waals surface area contributed by atoms with E-state index >= 15 is 0 Å². The third-order valence-electron chi connectivity index (χ3n) is 7.25. The zero-order chi connectivity index (χ0) is 25.7. The van der Waals surface area contributed by atoms with Gasteiger partial charge in [0.15, 0.2) is 0 Å². The lowest BCUT2D eigenvalue weighted by atomic mass is 10.0. The Morgan fingerprint density at radius 2 is 1.67 bits per heavy atom. The molecule has 2 N–H and O–H groups in total. The van der Waals surface area contributed by atoms with E-state index < -0.39 is 5.60 Å². The summed E-state index contributed by atoms with van der Waals surface area (Å²) in [6, 6.07) is 8.50. The highest BCUT2D eigenvalue weighted by molar-refractivity contribution is 6.01. The SMILES string of the molecule is CC(C)(C)OC(=O)CCN1CCN(C2CCN(c3ccc(NC4CCC(=O)NC4=O)cc3)CC2)CC1. The molecule has 9 nitrogen and oxygen atoms in total. The number of hydrogen-bond acceptors (Lipinski definition) is 8. The molecule has 0 bridgehead atoms. The number of carbonyl (C=O) groups is 3. The van der Waals surface area contributed by atoms with Crippen LogP contribution in [0.4, 0.5) is 11.4 Å². The summed E-state index contributed by atoms with van der Waals surface area (Å²) >= 11 is 0. The Bertz CT molecular complexity index is 913. The van der Waals surface area contributed by atoms with Crippen molar-refractivity contribution in [1.82, 2.24) is 15.1 Å². The number of benzene rings is 1. The van der Waals surface area contributed by atoms with Crippen molar-refractivity contribution in [3.63, 3.8) is 0 Å². The lowest BCUT2D eigenvalue weighted by molar-refractivity contribution is -0.155. The number of rotatable bonds is 7. The quantitative estimate of drug-likeness (QED) is 0.436. The van der Waals surface area contributed by atoms with Crippen molar-refractivity contribution in [2.24, 2.45) is 0 Å². The van der Waals surface area contributed by atoms with Crippen LogP contribution < -0.4 is 15.5 Å². The van der Waals surface area contributed by atoms with Gasteiger partial charge < -0.3 is 19.9 Å². The number of anilines is 2. The number of nitrogens with zero attached hydrogens (tertiary/aromatic N) is 3. The van der Waals surface area contributed by atoms with Crippen molar-refractivity contribution in [1.29, 1.82) is 0 Å². The van der Waals surface area contributed by atoms with E-state index in [4.69, 9.17) is 4.74 Å². The summed E-state index contributed by atoms with van der Waals surface area (Å²) in [7, 11) is 0. The van der Waals surface area contributed by atoms with E-state index in [0.717, 1.165) is 64.3 Å². The fourth-order valence-electron chi connectivity index (χ4n) is 5.28. The standard InChI is InChI=1S/C27H41N5O4/c1-27(2,3)36-25(34)12-13-30-16-18-32(19-17-30)22-10-14-31(15-11-22)21-6-4-20(5-7-21)28-23-8-9-24(33)29-26(23)35/h4-7,22-23,28H,8-19H2,1-3H3,(H,29,33,35). The van der Waals surface area contributed by atoms with Gasteiger partial charge in [-0.05, 0) is 64.3 Å². The average molecular weight is 500 g/mol. The van der Waals surface area contributed by atoms with Crippen LogP contribution in [0.25, 0.3) is 0 Å². The second-order valence-electron chi connectivity index (χ2n) is 11.1. The van der Waals surface area contributed by atoms with Gasteiger partial charge in [-0.25, -0.2) is 0 Å². The van der Waals surface area contributed by atoms with Gasteiger partial charge in [0.25, 0.3) is 0 Å². The Morgan fingerprint density at radius 3 is 2.28 bits per heavy atom. The molecule has 3 saturated heterocycles. The van der Waals surface area contributed by atoms with Gasteiger partial charge in [-0.2, -0.15) is 0 Å². The van der Waals surface area contributed by atoms with Crippen molar-refractivity contribution in [2.45, 2.75) is 70.6 Å². The van der Waals surface area contributed by atoms with Crippen LogP contribution in [-0.2, 0) is 19.1 Å². The minimum absolute atomic E-state index is 0.114. The predicted molar refractivity (Wildman–Crippen MR) is 140 cm³/mol. The lowest BCUT2D eigenvalue weighted by Gasteiger charge is -2.43. The molecule has 1 atom stereocenters. The third kappa shape index (κ3) is 7.43. The van der Waals surface area contributed by atoms with Crippen LogP contribution in [0.2, 0.25) is 0 Å². The van der Waals surface area contributed by atoms with Crippen LogP contribution in [0.3, 0.4) is 0 Å². The molecule has 3 fully saturated rings. The van der Waals surface area contributed by atoms with Gasteiger partial charge >= 0.3 is 5.97 Å². The summed E-state index contributed by atoms with van der Waals surface area (Å²) in [6.45, 7) is 12.7. The maximum absolute atomic E-state index is 12.0. The molecule has 9 heteroatoms. The number of carbonyl (C=O) groups excluding carboxylic acids is 3. The smallest absolute Gasteiger partial charge is 0.307 e. The van der Waals surface area contributed by atoms with Gasteiger partial charge in [0.2, 0.25) is 11.8 Å². The first-order valence-corrected chi connectivity index (χ1v) is 13.3. The van der Waals surface area contributed by atoms with Crippen molar-refractivity contribution in [2.75, 3.05) is 56.0 Å². The van der Waals surface area contributed by atoms with Crippen molar-refractivity contribution < 1.29 is 19.1 Å². The Labute approximate surface area is 214 Å². The van der Waals surface area contributed by atoms with E-state index in [1.54, 1.807) is 0 Å². The summed E-state index contributed by atoms with van der Waals surface area (Å²) in [5.41, 5.74) is 1.68. The largest absolute Gasteiger partial charge is 0.460 e. The van der Waals surface area contributed by atoms with Crippen LogP contribution in [-0.4, -0.2) is 91.1 Å². The van der Waals surface area contributed by atoms with E-state index in [0.29, 0.717) is 25.3 Å². The fraction of sp³-hybridized carbons (Fsp3) is 0.667. The molecule has 3 aliphatic heterocycles. The molecular weight excluding hydrogens is 458 g/mol.